The molecule has 1 unspecified atom stereocenters. The fourth-order valence-corrected chi connectivity index (χ4v) is 3.61. The van der Waals surface area contributed by atoms with Crippen LogP contribution >= 0.6 is 11.6 Å². The van der Waals surface area contributed by atoms with Crippen LogP contribution in [0.4, 0.5) is 0 Å². The Labute approximate surface area is 174 Å². The summed E-state index contributed by atoms with van der Waals surface area (Å²) >= 11 is 5.99. The van der Waals surface area contributed by atoms with E-state index in [0.29, 0.717) is 22.5 Å². The minimum absolute atomic E-state index is 0.129. The molecule has 0 saturated carbocycles. The second-order valence-electron chi connectivity index (χ2n) is 7.14. The van der Waals surface area contributed by atoms with Gasteiger partial charge in [0.25, 0.3) is 5.91 Å². The van der Waals surface area contributed by atoms with E-state index in [-0.39, 0.29) is 12.5 Å². The highest BCUT2D eigenvalue weighted by Crippen LogP contribution is 2.26. The van der Waals surface area contributed by atoms with Crippen LogP contribution in [0.15, 0.2) is 47.0 Å². The van der Waals surface area contributed by atoms with Crippen LogP contribution in [0.3, 0.4) is 0 Å². The van der Waals surface area contributed by atoms with Gasteiger partial charge >= 0.3 is 0 Å². The van der Waals surface area contributed by atoms with Gasteiger partial charge in [0.1, 0.15) is 5.75 Å². The summed E-state index contributed by atoms with van der Waals surface area (Å²) in [5, 5.41) is 7.30. The largest absolute Gasteiger partial charge is 0.481 e. The van der Waals surface area contributed by atoms with E-state index < -0.39 is 6.10 Å². The molecule has 29 heavy (non-hydrogen) atoms. The lowest BCUT2D eigenvalue weighted by molar-refractivity contribution is -0.127. The maximum atomic E-state index is 12.4. The van der Waals surface area contributed by atoms with Crippen LogP contribution in [0, 0.1) is 0 Å². The number of halogens is 1. The molecule has 1 aliphatic carbocycles. The maximum Gasteiger partial charge on any atom is 0.261 e. The molecule has 0 saturated heterocycles. The molecule has 1 heterocycles. The Morgan fingerprint density at radius 3 is 2.86 bits per heavy atom. The Balaban J connectivity index is 1.32. The van der Waals surface area contributed by atoms with E-state index in [9.17, 15) is 4.79 Å². The standard InChI is InChI=1S/C22H22ClN3O3/c1-14(28-19-10-9-15-5-2-3-6-16(15)12-19)22(27)24-13-20-25-21(26-29-20)17-7-4-8-18(23)11-17/h4,7-12,14H,2-3,5-6,13H2,1H3,(H,24,27). The summed E-state index contributed by atoms with van der Waals surface area (Å²) in [6, 6.07) is 13.3. The number of hydrogen-bond acceptors (Lipinski definition) is 5. The Hall–Kier alpha value is -2.86. The van der Waals surface area contributed by atoms with Crippen molar-refractivity contribution in [2.75, 3.05) is 0 Å². The van der Waals surface area contributed by atoms with Crippen LogP contribution in [0.1, 0.15) is 36.8 Å². The van der Waals surface area contributed by atoms with Crippen LogP contribution in [-0.4, -0.2) is 22.2 Å². The van der Waals surface area contributed by atoms with E-state index >= 15 is 0 Å². The number of rotatable bonds is 6. The Kier molecular flexibility index (Phi) is 5.81. The van der Waals surface area contributed by atoms with E-state index in [1.165, 1.54) is 24.0 Å². The molecule has 2 aromatic carbocycles. The van der Waals surface area contributed by atoms with Gasteiger partial charge in [0.05, 0.1) is 6.54 Å². The van der Waals surface area contributed by atoms with Crippen molar-refractivity contribution in [3.05, 3.63) is 64.5 Å². The van der Waals surface area contributed by atoms with Crippen molar-refractivity contribution in [1.82, 2.24) is 15.5 Å². The molecule has 1 amide bonds. The molecule has 7 heteroatoms. The monoisotopic (exact) mass is 411 g/mol. The van der Waals surface area contributed by atoms with Gasteiger partial charge < -0.3 is 14.6 Å². The number of carbonyl (C=O) groups excluding carboxylic acids is 1. The lowest BCUT2D eigenvalue weighted by Gasteiger charge is -2.19. The van der Waals surface area contributed by atoms with Crippen molar-refractivity contribution in [1.29, 1.82) is 0 Å². The molecule has 1 aromatic heterocycles. The summed E-state index contributed by atoms with van der Waals surface area (Å²) in [4.78, 5) is 16.7. The molecular weight excluding hydrogens is 390 g/mol. The molecule has 1 aliphatic rings. The number of amides is 1. The molecule has 3 aromatic rings. The molecule has 0 aliphatic heterocycles. The molecule has 6 nitrogen and oxygen atoms in total. The first kappa shape index (κ1) is 19.5. The van der Waals surface area contributed by atoms with E-state index in [1.54, 1.807) is 19.1 Å². The number of aromatic nitrogens is 2. The molecule has 0 spiro atoms. The zero-order chi connectivity index (χ0) is 20.2. The number of ether oxygens (including phenoxy) is 1. The van der Waals surface area contributed by atoms with Crippen molar-refractivity contribution >= 4 is 17.5 Å². The first-order valence-electron chi connectivity index (χ1n) is 9.73. The highest BCUT2D eigenvalue weighted by Gasteiger charge is 2.18. The Morgan fingerprint density at radius 2 is 2.03 bits per heavy atom. The van der Waals surface area contributed by atoms with Gasteiger partial charge in [-0.3, -0.25) is 4.79 Å². The summed E-state index contributed by atoms with van der Waals surface area (Å²) in [7, 11) is 0. The molecular formula is C22H22ClN3O3. The number of nitrogens with zero attached hydrogens (tertiary/aromatic N) is 2. The highest BCUT2D eigenvalue weighted by molar-refractivity contribution is 6.30. The fraction of sp³-hybridized carbons (Fsp3) is 0.318. The van der Waals surface area contributed by atoms with Crippen molar-refractivity contribution < 1.29 is 14.1 Å². The van der Waals surface area contributed by atoms with E-state index in [0.717, 1.165) is 18.4 Å². The van der Waals surface area contributed by atoms with Crippen LogP contribution in [0.5, 0.6) is 5.75 Å². The third kappa shape index (κ3) is 4.77. The predicted molar refractivity (Wildman–Crippen MR) is 110 cm³/mol. The number of carbonyl (C=O) groups is 1. The third-order valence-electron chi connectivity index (χ3n) is 4.97. The zero-order valence-corrected chi connectivity index (χ0v) is 16.9. The quantitative estimate of drug-likeness (QED) is 0.652. The third-order valence-corrected chi connectivity index (χ3v) is 5.20. The molecule has 4 rings (SSSR count). The topological polar surface area (TPSA) is 77.2 Å². The molecule has 0 fully saturated rings. The summed E-state index contributed by atoms with van der Waals surface area (Å²) in [6.07, 6.45) is 3.99. The van der Waals surface area contributed by atoms with Gasteiger partial charge in [-0.15, -0.1) is 0 Å². The summed E-state index contributed by atoms with van der Waals surface area (Å²) in [6.45, 7) is 1.85. The van der Waals surface area contributed by atoms with Crippen LogP contribution < -0.4 is 10.1 Å². The van der Waals surface area contributed by atoms with E-state index in [2.05, 4.69) is 21.5 Å². The van der Waals surface area contributed by atoms with Gasteiger partial charge in [0.15, 0.2) is 6.10 Å². The number of nitrogens with one attached hydrogen (secondary N) is 1. The first-order chi connectivity index (χ1) is 14.1. The normalized spacial score (nSPS) is 14.1. The Morgan fingerprint density at radius 1 is 1.21 bits per heavy atom. The minimum atomic E-state index is -0.632. The summed E-state index contributed by atoms with van der Waals surface area (Å²) < 4.78 is 11.0. The van der Waals surface area contributed by atoms with Crippen molar-refractivity contribution in [2.45, 2.75) is 45.3 Å². The smallest absolute Gasteiger partial charge is 0.261 e. The van der Waals surface area contributed by atoms with E-state index in [1.807, 2.05) is 24.3 Å². The number of benzene rings is 2. The summed E-state index contributed by atoms with van der Waals surface area (Å²) in [5.41, 5.74) is 3.45. The number of fused-ring (bicyclic) bond motifs is 1. The van der Waals surface area contributed by atoms with Gasteiger partial charge in [0, 0.05) is 10.6 Å². The molecule has 150 valence electrons. The fourth-order valence-electron chi connectivity index (χ4n) is 3.42. The van der Waals surface area contributed by atoms with Gasteiger partial charge in [-0.25, -0.2) is 0 Å². The zero-order valence-electron chi connectivity index (χ0n) is 16.2. The van der Waals surface area contributed by atoms with Crippen molar-refractivity contribution in [2.24, 2.45) is 0 Å². The number of aryl methyl sites for hydroxylation is 2. The average Bonchev–Trinajstić information content (AvgIpc) is 3.21. The van der Waals surface area contributed by atoms with Gasteiger partial charge in [-0.1, -0.05) is 35.0 Å². The first-order valence-corrected chi connectivity index (χ1v) is 10.1. The molecule has 0 bridgehead atoms. The van der Waals surface area contributed by atoms with Gasteiger partial charge in [0.2, 0.25) is 11.7 Å². The van der Waals surface area contributed by atoms with Crippen LogP contribution in [0.25, 0.3) is 11.4 Å². The second-order valence-corrected chi connectivity index (χ2v) is 7.57. The molecule has 0 radical (unpaired) electrons. The lowest BCUT2D eigenvalue weighted by Crippen LogP contribution is -2.36. The van der Waals surface area contributed by atoms with Crippen LogP contribution in [0.2, 0.25) is 5.02 Å². The Bertz CT molecular complexity index is 1020. The van der Waals surface area contributed by atoms with Gasteiger partial charge in [-0.05, 0) is 68.0 Å². The SMILES string of the molecule is CC(Oc1ccc2c(c1)CCCC2)C(=O)NCc1nc(-c2cccc(Cl)c2)no1. The summed E-state index contributed by atoms with van der Waals surface area (Å²) in [5.74, 6) is 1.21. The van der Waals surface area contributed by atoms with Gasteiger partial charge in [-0.2, -0.15) is 4.98 Å². The van der Waals surface area contributed by atoms with Crippen molar-refractivity contribution in [3.63, 3.8) is 0 Å². The predicted octanol–water partition coefficient (Wildman–Crippen LogP) is 4.35. The number of hydrogen-bond donors (Lipinski definition) is 1. The average molecular weight is 412 g/mol. The second kappa shape index (κ2) is 8.66. The maximum absolute atomic E-state index is 12.4. The lowest BCUT2D eigenvalue weighted by atomic mass is 9.92. The highest BCUT2D eigenvalue weighted by atomic mass is 35.5. The van der Waals surface area contributed by atoms with E-state index in [4.69, 9.17) is 20.9 Å². The van der Waals surface area contributed by atoms with Crippen molar-refractivity contribution in [3.8, 4) is 17.1 Å². The minimum Gasteiger partial charge on any atom is -0.481 e. The molecule has 1 N–H and O–H groups in total. The van der Waals surface area contributed by atoms with Crippen LogP contribution in [-0.2, 0) is 24.2 Å². The molecule has 1 atom stereocenters.